The summed E-state index contributed by atoms with van der Waals surface area (Å²) in [6.45, 7) is 0.425. The number of carbonyl (C=O) groups is 3. The Morgan fingerprint density at radius 3 is 2.47 bits per heavy atom. The van der Waals surface area contributed by atoms with Gasteiger partial charge in [-0.05, 0) is 37.0 Å². The van der Waals surface area contributed by atoms with E-state index in [0.717, 1.165) is 31.2 Å². The maximum Gasteiger partial charge on any atom is 0.332 e. The molecule has 38 heavy (non-hydrogen) atoms. The number of carbonyl (C=O) groups excluding carboxylic acids is 3. The molecule has 3 saturated heterocycles. The lowest BCUT2D eigenvalue weighted by molar-refractivity contribution is -0.141. The lowest BCUT2D eigenvalue weighted by Crippen LogP contribution is -2.58. The Bertz CT molecular complexity index is 1560. The van der Waals surface area contributed by atoms with E-state index in [0.29, 0.717) is 34.4 Å². The average Bonchev–Trinajstić information content (AvgIpc) is 3.72. The monoisotopic (exact) mass is 525 g/mol. The van der Waals surface area contributed by atoms with Gasteiger partial charge in [-0.1, -0.05) is 60.8 Å². The van der Waals surface area contributed by atoms with E-state index in [2.05, 4.69) is 11.1 Å². The molecule has 7 rings (SSSR count). The van der Waals surface area contributed by atoms with Gasteiger partial charge in [0.1, 0.15) is 17.8 Å². The SMILES string of the molecule is N#Cc1ncc(N2C(=O)[C@@H]3C4CC(CN4C(=O)C4(c5ccc(Cl)cc5)CCCC4)N3C2=O)c2ccccc12. The number of nitrogens with zero attached hydrogens (tertiary/aromatic N) is 5. The summed E-state index contributed by atoms with van der Waals surface area (Å²) in [6.07, 6.45) is 5.49. The van der Waals surface area contributed by atoms with Gasteiger partial charge in [0.2, 0.25) is 5.91 Å². The topological polar surface area (TPSA) is 97.6 Å². The molecule has 190 valence electrons. The van der Waals surface area contributed by atoms with Gasteiger partial charge in [-0.2, -0.15) is 5.26 Å². The predicted molar refractivity (Wildman–Crippen MR) is 140 cm³/mol. The Kier molecular flexibility index (Phi) is 5.04. The number of anilines is 1. The number of urea groups is 1. The third-order valence-corrected chi connectivity index (χ3v) is 9.16. The lowest BCUT2D eigenvalue weighted by atomic mass is 9.77. The fourth-order valence-electron chi connectivity index (χ4n) is 7.21. The van der Waals surface area contributed by atoms with Gasteiger partial charge < -0.3 is 9.80 Å². The average molecular weight is 526 g/mol. The maximum absolute atomic E-state index is 14.2. The number of nitriles is 1. The minimum absolute atomic E-state index is 0.0497. The number of hydrogen-bond acceptors (Lipinski definition) is 5. The van der Waals surface area contributed by atoms with Gasteiger partial charge in [-0.3, -0.25) is 9.59 Å². The van der Waals surface area contributed by atoms with Crippen LogP contribution >= 0.6 is 11.6 Å². The van der Waals surface area contributed by atoms with Crippen LogP contribution in [0.2, 0.25) is 5.02 Å². The van der Waals surface area contributed by atoms with Crippen molar-refractivity contribution in [3.63, 3.8) is 0 Å². The van der Waals surface area contributed by atoms with Crippen molar-refractivity contribution in [1.82, 2.24) is 14.8 Å². The number of halogens is 1. The summed E-state index contributed by atoms with van der Waals surface area (Å²) in [4.78, 5) is 50.7. The molecular formula is C29H24ClN5O3. The van der Waals surface area contributed by atoms with Crippen molar-refractivity contribution in [2.24, 2.45) is 0 Å². The van der Waals surface area contributed by atoms with Crippen LogP contribution in [0.5, 0.6) is 0 Å². The molecule has 1 saturated carbocycles. The van der Waals surface area contributed by atoms with E-state index in [4.69, 9.17) is 11.6 Å². The third kappa shape index (κ3) is 3.02. The molecule has 2 bridgehead atoms. The molecule has 0 radical (unpaired) electrons. The molecule has 2 unspecified atom stereocenters. The highest BCUT2D eigenvalue weighted by molar-refractivity contribution is 6.30. The molecule has 9 heteroatoms. The Morgan fingerprint density at radius 1 is 1.05 bits per heavy atom. The Labute approximate surface area is 224 Å². The second-order valence-corrected chi connectivity index (χ2v) is 11.1. The summed E-state index contributed by atoms with van der Waals surface area (Å²) in [5.74, 6) is -0.294. The molecule has 0 N–H and O–H groups in total. The number of fused-ring (bicyclic) bond motifs is 6. The van der Waals surface area contributed by atoms with Crippen LogP contribution < -0.4 is 4.90 Å². The Hall–Kier alpha value is -3.96. The third-order valence-electron chi connectivity index (χ3n) is 8.91. The summed E-state index contributed by atoms with van der Waals surface area (Å²) in [5, 5.41) is 11.3. The van der Waals surface area contributed by atoms with Gasteiger partial charge in [0.25, 0.3) is 5.91 Å². The second kappa shape index (κ2) is 8.27. The number of piperazine rings is 1. The van der Waals surface area contributed by atoms with Gasteiger partial charge in [0.05, 0.1) is 29.4 Å². The lowest BCUT2D eigenvalue weighted by Gasteiger charge is -2.40. The molecule has 2 aromatic carbocycles. The normalized spacial score (nSPS) is 25.4. The number of aromatic nitrogens is 1. The summed E-state index contributed by atoms with van der Waals surface area (Å²) >= 11 is 6.13. The van der Waals surface area contributed by atoms with Crippen molar-refractivity contribution < 1.29 is 14.4 Å². The van der Waals surface area contributed by atoms with E-state index in [9.17, 15) is 19.6 Å². The van der Waals surface area contributed by atoms with Crippen LogP contribution in [0.1, 0.15) is 43.4 Å². The first-order valence-corrected chi connectivity index (χ1v) is 13.3. The van der Waals surface area contributed by atoms with Crippen LogP contribution in [0.3, 0.4) is 0 Å². The van der Waals surface area contributed by atoms with Gasteiger partial charge in [-0.25, -0.2) is 14.7 Å². The summed E-state index contributed by atoms with van der Waals surface area (Å²) in [6, 6.07) is 15.1. The van der Waals surface area contributed by atoms with E-state index in [1.807, 2.05) is 29.2 Å². The zero-order valence-corrected chi connectivity index (χ0v) is 21.3. The number of amides is 4. The minimum atomic E-state index is -0.719. The summed E-state index contributed by atoms with van der Waals surface area (Å²) in [7, 11) is 0. The van der Waals surface area contributed by atoms with E-state index in [-0.39, 0.29) is 35.6 Å². The molecule has 8 nitrogen and oxygen atoms in total. The van der Waals surface area contributed by atoms with E-state index in [1.54, 1.807) is 29.2 Å². The number of pyridine rings is 1. The largest absolute Gasteiger partial charge is 0.334 e. The fourth-order valence-corrected chi connectivity index (χ4v) is 7.33. The highest BCUT2D eigenvalue weighted by Gasteiger charge is 2.64. The Morgan fingerprint density at radius 2 is 1.76 bits per heavy atom. The molecule has 4 fully saturated rings. The van der Waals surface area contributed by atoms with Crippen LogP contribution in [0.4, 0.5) is 10.5 Å². The number of benzene rings is 2. The van der Waals surface area contributed by atoms with Crippen LogP contribution in [0.25, 0.3) is 10.8 Å². The van der Waals surface area contributed by atoms with E-state index in [1.165, 1.54) is 11.1 Å². The van der Waals surface area contributed by atoms with Gasteiger partial charge >= 0.3 is 6.03 Å². The van der Waals surface area contributed by atoms with Gasteiger partial charge in [0, 0.05) is 22.3 Å². The predicted octanol–water partition coefficient (Wildman–Crippen LogP) is 4.39. The number of rotatable bonds is 3. The van der Waals surface area contributed by atoms with Crippen LogP contribution in [-0.4, -0.2) is 57.3 Å². The summed E-state index contributed by atoms with van der Waals surface area (Å²) in [5.41, 5.74) is 0.951. The number of likely N-dealkylation sites (tertiary alicyclic amines) is 1. The Balaban J connectivity index is 1.24. The first-order valence-electron chi connectivity index (χ1n) is 13.0. The van der Waals surface area contributed by atoms with Crippen molar-refractivity contribution >= 4 is 45.9 Å². The highest BCUT2D eigenvalue weighted by Crippen LogP contribution is 2.48. The smallest absolute Gasteiger partial charge is 0.332 e. The first kappa shape index (κ1) is 23.2. The van der Waals surface area contributed by atoms with Gasteiger partial charge in [0.15, 0.2) is 0 Å². The minimum Gasteiger partial charge on any atom is -0.334 e. The maximum atomic E-state index is 14.2. The van der Waals surface area contributed by atoms with Crippen LogP contribution in [0.15, 0.2) is 54.7 Å². The molecule has 4 amide bonds. The zero-order chi connectivity index (χ0) is 26.2. The molecule has 1 aliphatic carbocycles. The first-order chi connectivity index (χ1) is 18.4. The van der Waals surface area contributed by atoms with Crippen molar-refractivity contribution in [3.8, 4) is 6.07 Å². The molecule has 4 aliphatic rings. The van der Waals surface area contributed by atoms with Crippen LogP contribution in [-0.2, 0) is 15.0 Å². The second-order valence-electron chi connectivity index (χ2n) is 10.7. The summed E-state index contributed by atoms with van der Waals surface area (Å²) < 4.78 is 0. The fraction of sp³-hybridized carbons (Fsp3) is 0.345. The molecule has 4 heterocycles. The number of hydrogen-bond donors (Lipinski definition) is 0. The van der Waals surface area contributed by atoms with Crippen LogP contribution in [0, 0.1) is 11.3 Å². The zero-order valence-electron chi connectivity index (χ0n) is 20.5. The quantitative estimate of drug-likeness (QED) is 0.472. The molecule has 1 aromatic heterocycles. The molecule has 0 spiro atoms. The standard InChI is InChI=1S/C29H24ClN5O3/c30-18-9-7-17(8-10-18)29(11-3-4-12-29)27(37)33-16-19-13-23(33)25-26(36)35(28(38)34(19)25)24-15-32-22(14-31)20-5-1-2-6-21(20)24/h1-2,5-10,15,19,23,25H,3-4,11-13,16H2/t19?,23?,25-/m0/s1. The van der Waals surface area contributed by atoms with Crippen molar-refractivity contribution in [3.05, 3.63) is 71.0 Å². The number of imide groups is 1. The molecule has 3 atom stereocenters. The van der Waals surface area contributed by atoms with Gasteiger partial charge in [-0.15, -0.1) is 0 Å². The highest BCUT2D eigenvalue weighted by atomic mass is 35.5. The van der Waals surface area contributed by atoms with E-state index >= 15 is 0 Å². The molecule has 3 aromatic rings. The van der Waals surface area contributed by atoms with E-state index < -0.39 is 11.5 Å². The molecule has 3 aliphatic heterocycles. The molecular weight excluding hydrogens is 502 g/mol. The van der Waals surface area contributed by atoms with Crippen molar-refractivity contribution in [2.75, 3.05) is 11.4 Å². The van der Waals surface area contributed by atoms with Crippen molar-refractivity contribution in [1.29, 1.82) is 5.26 Å². The van der Waals surface area contributed by atoms with Crippen molar-refractivity contribution in [2.45, 2.75) is 55.6 Å².